The van der Waals surface area contributed by atoms with E-state index in [2.05, 4.69) is 35.4 Å². The lowest BCUT2D eigenvalue weighted by atomic mass is 10.0. The minimum atomic E-state index is 0.627. The van der Waals surface area contributed by atoms with Gasteiger partial charge in [-0.15, -0.1) is 0 Å². The summed E-state index contributed by atoms with van der Waals surface area (Å²) in [6.07, 6.45) is 0.951. The molecule has 0 fully saturated rings. The van der Waals surface area contributed by atoms with Gasteiger partial charge >= 0.3 is 0 Å². The highest BCUT2D eigenvalue weighted by atomic mass is 32.2. The second-order valence-electron chi connectivity index (χ2n) is 5.44. The van der Waals surface area contributed by atoms with Crippen molar-refractivity contribution >= 4 is 11.8 Å². The van der Waals surface area contributed by atoms with Gasteiger partial charge in [0.15, 0.2) is 5.82 Å². The number of benzene rings is 1. The smallest absolute Gasteiger partial charge is 0.258 e. The Hall–Kier alpha value is -1.33. The van der Waals surface area contributed by atoms with Crippen LogP contribution < -0.4 is 5.32 Å². The standard InChI is InChI=1S/C16H23N3OS/c1-12(2)10-21-11-15-18-16(20-19-15)14-7-5-4-6-13(14)8-9-17-3/h4-7,12,17H,8-11H2,1-3H3. The maximum absolute atomic E-state index is 5.43. The van der Waals surface area contributed by atoms with Crippen LogP contribution in [-0.2, 0) is 12.2 Å². The zero-order chi connectivity index (χ0) is 15.1. The van der Waals surface area contributed by atoms with Gasteiger partial charge in [-0.05, 0) is 43.3 Å². The highest BCUT2D eigenvalue weighted by Gasteiger charge is 2.12. The molecule has 114 valence electrons. The summed E-state index contributed by atoms with van der Waals surface area (Å²) in [5.74, 6) is 4.01. The molecule has 0 aliphatic heterocycles. The Morgan fingerprint density at radius 2 is 2.10 bits per heavy atom. The Morgan fingerprint density at radius 1 is 1.29 bits per heavy atom. The minimum absolute atomic E-state index is 0.627. The molecule has 1 N–H and O–H groups in total. The fourth-order valence-corrected chi connectivity index (χ4v) is 2.90. The second-order valence-corrected chi connectivity index (χ2v) is 6.47. The molecule has 21 heavy (non-hydrogen) atoms. The van der Waals surface area contributed by atoms with Gasteiger partial charge in [0.05, 0.1) is 5.75 Å². The van der Waals surface area contributed by atoms with Crippen LogP contribution in [0.25, 0.3) is 11.5 Å². The lowest BCUT2D eigenvalue weighted by Gasteiger charge is -2.05. The Kier molecular flexibility index (Phi) is 6.26. The van der Waals surface area contributed by atoms with E-state index in [1.54, 1.807) is 0 Å². The summed E-state index contributed by atoms with van der Waals surface area (Å²) in [6.45, 7) is 5.36. The van der Waals surface area contributed by atoms with E-state index in [-0.39, 0.29) is 0 Å². The Bertz CT molecular complexity index is 554. The van der Waals surface area contributed by atoms with Gasteiger partial charge in [0.2, 0.25) is 0 Å². The SMILES string of the molecule is CNCCc1ccccc1-c1nc(CSCC(C)C)no1. The van der Waals surface area contributed by atoms with Gasteiger partial charge in [0, 0.05) is 5.56 Å². The van der Waals surface area contributed by atoms with Crippen molar-refractivity contribution < 1.29 is 4.52 Å². The van der Waals surface area contributed by atoms with E-state index in [4.69, 9.17) is 4.52 Å². The predicted molar refractivity (Wildman–Crippen MR) is 88.4 cm³/mol. The molecule has 0 saturated heterocycles. The summed E-state index contributed by atoms with van der Waals surface area (Å²) < 4.78 is 5.43. The van der Waals surface area contributed by atoms with Gasteiger partial charge in [0.1, 0.15) is 0 Å². The molecule has 0 aliphatic rings. The van der Waals surface area contributed by atoms with E-state index in [0.29, 0.717) is 11.8 Å². The zero-order valence-electron chi connectivity index (χ0n) is 12.9. The van der Waals surface area contributed by atoms with Crippen molar-refractivity contribution in [3.8, 4) is 11.5 Å². The van der Waals surface area contributed by atoms with Crippen LogP contribution >= 0.6 is 11.8 Å². The van der Waals surface area contributed by atoms with E-state index in [9.17, 15) is 0 Å². The molecular weight excluding hydrogens is 282 g/mol. The molecule has 0 radical (unpaired) electrons. The third-order valence-corrected chi connectivity index (χ3v) is 4.41. The number of thioether (sulfide) groups is 1. The maximum Gasteiger partial charge on any atom is 0.258 e. The number of aromatic nitrogens is 2. The van der Waals surface area contributed by atoms with Crippen LogP contribution in [0, 0.1) is 5.92 Å². The highest BCUT2D eigenvalue weighted by molar-refractivity contribution is 7.98. The average Bonchev–Trinajstić information content (AvgIpc) is 2.93. The molecule has 4 nitrogen and oxygen atoms in total. The van der Waals surface area contributed by atoms with E-state index >= 15 is 0 Å². The molecule has 0 aliphatic carbocycles. The average molecular weight is 305 g/mol. The minimum Gasteiger partial charge on any atom is -0.334 e. The number of hydrogen-bond donors (Lipinski definition) is 1. The van der Waals surface area contributed by atoms with Crippen molar-refractivity contribution in [2.24, 2.45) is 5.92 Å². The van der Waals surface area contributed by atoms with Crippen molar-refractivity contribution in [2.45, 2.75) is 26.0 Å². The Balaban J connectivity index is 2.06. The molecule has 0 saturated carbocycles. The number of rotatable bonds is 8. The first-order chi connectivity index (χ1) is 10.2. The van der Waals surface area contributed by atoms with Gasteiger partial charge in [0.25, 0.3) is 5.89 Å². The van der Waals surface area contributed by atoms with Gasteiger partial charge < -0.3 is 9.84 Å². The molecule has 0 amide bonds. The van der Waals surface area contributed by atoms with Crippen molar-refractivity contribution in [1.82, 2.24) is 15.5 Å². The first kappa shape index (κ1) is 16.0. The predicted octanol–water partition coefficient (Wildman–Crippen LogP) is 3.39. The third kappa shape index (κ3) is 4.86. The number of nitrogens with one attached hydrogen (secondary N) is 1. The van der Waals surface area contributed by atoms with Crippen LogP contribution in [0.2, 0.25) is 0 Å². The summed E-state index contributed by atoms with van der Waals surface area (Å²) in [7, 11) is 1.96. The molecule has 2 rings (SSSR count). The topological polar surface area (TPSA) is 51.0 Å². The zero-order valence-corrected chi connectivity index (χ0v) is 13.7. The second kappa shape index (κ2) is 8.20. The first-order valence-corrected chi connectivity index (χ1v) is 8.49. The highest BCUT2D eigenvalue weighted by Crippen LogP contribution is 2.23. The molecule has 0 spiro atoms. The lowest BCUT2D eigenvalue weighted by molar-refractivity contribution is 0.424. The van der Waals surface area contributed by atoms with E-state index in [0.717, 1.165) is 35.9 Å². The van der Waals surface area contributed by atoms with Crippen LogP contribution in [0.15, 0.2) is 28.8 Å². The summed E-state index contributed by atoms with van der Waals surface area (Å²) in [4.78, 5) is 4.53. The van der Waals surface area contributed by atoms with Crippen LogP contribution in [-0.4, -0.2) is 29.5 Å². The van der Waals surface area contributed by atoms with Crippen molar-refractivity contribution in [3.63, 3.8) is 0 Å². The lowest BCUT2D eigenvalue weighted by Crippen LogP contribution is -2.10. The van der Waals surface area contributed by atoms with Crippen molar-refractivity contribution in [2.75, 3.05) is 19.3 Å². The fraction of sp³-hybridized carbons (Fsp3) is 0.500. The Morgan fingerprint density at radius 3 is 2.86 bits per heavy atom. The van der Waals surface area contributed by atoms with E-state index in [1.165, 1.54) is 5.56 Å². The van der Waals surface area contributed by atoms with Gasteiger partial charge in [-0.25, -0.2) is 0 Å². The van der Waals surface area contributed by atoms with E-state index in [1.807, 2.05) is 37.0 Å². The maximum atomic E-state index is 5.43. The molecule has 1 aromatic heterocycles. The summed E-state index contributed by atoms with van der Waals surface area (Å²) in [6, 6.07) is 8.22. The molecule has 0 bridgehead atoms. The molecule has 1 heterocycles. The molecule has 0 unspecified atom stereocenters. The molecule has 1 aromatic carbocycles. The fourth-order valence-electron chi connectivity index (χ4n) is 2.01. The largest absolute Gasteiger partial charge is 0.334 e. The van der Waals surface area contributed by atoms with Crippen LogP contribution in [0.3, 0.4) is 0 Å². The van der Waals surface area contributed by atoms with Gasteiger partial charge in [-0.2, -0.15) is 16.7 Å². The summed E-state index contributed by atoms with van der Waals surface area (Å²) >= 11 is 1.85. The first-order valence-electron chi connectivity index (χ1n) is 7.34. The van der Waals surface area contributed by atoms with Gasteiger partial charge in [-0.1, -0.05) is 37.2 Å². The summed E-state index contributed by atoms with van der Waals surface area (Å²) in [5.41, 5.74) is 2.28. The number of hydrogen-bond acceptors (Lipinski definition) is 5. The molecule has 5 heteroatoms. The van der Waals surface area contributed by atoms with Crippen LogP contribution in [0.5, 0.6) is 0 Å². The third-order valence-electron chi connectivity index (χ3n) is 3.04. The monoisotopic (exact) mass is 305 g/mol. The van der Waals surface area contributed by atoms with Crippen molar-refractivity contribution in [3.05, 3.63) is 35.7 Å². The molecule has 0 atom stereocenters. The molecular formula is C16H23N3OS. The number of nitrogens with zero attached hydrogens (tertiary/aromatic N) is 2. The van der Waals surface area contributed by atoms with Crippen LogP contribution in [0.4, 0.5) is 0 Å². The molecule has 2 aromatic rings. The van der Waals surface area contributed by atoms with Crippen molar-refractivity contribution in [1.29, 1.82) is 0 Å². The number of likely N-dealkylation sites (N-methyl/N-ethyl adjacent to an activating group) is 1. The summed E-state index contributed by atoms with van der Waals surface area (Å²) in [5, 5.41) is 7.26. The Labute approximate surface area is 130 Å². The van der Waals surface area contributed by atoms with E-state index < -0.39 is 0 Å². The normalized spacial score (nSPS) is 11.2. The van der Waals surface area contributed by atoms with Crippen LogP contribution in [0.1, 0.15) is 25.2 Å². The quantitative estimate of drug-likeness (QED) is 0.810. The van der Waals surface area contributed by atoms with Gasteiger partial charge in [-0.3, -0.25) is 0 Å².